The lowest BCUT2D eigenvalue weighted by atomic mass is 10.1. The van der Waals surface area contributed by atoms with E-state index in [1.165, 1.54) is 5.69 Å². The lowest BCUT2D eigenvalue weighted by molar-refractivity contribution is 0.107. The Morgan fingerprint density at radius 2 is 2.05 bits per heavy atom. The molecular formula is C14H26BrN3O. The molecular weight excluding hydrogens is 306 g/mol. The topological polar surface area (TPSA) is 39.1 Å². The number of hydrogen-bond acceptors (Lipinski definition) is 3. The molecule has 0 spiro atoms. The van der Waals surface area contributed by atoms with Crippen LogP contribution in [0.4, 0.5) is 0 Å². The van der Waals surface area contributed by atoms with Crippen LogP contribution in [0.5, 0.6) is 0 Å². The van der Waals surface area contributed by atoms with Gasteiger partial charge in [0.1, 0.15) is 0 Å². The molecule has 1 heterocycles. The van der Waals surface area contributed by atoms with E-state index in [-0.39, 0.29) is 0 Å². The van der Waals surface area contributed by atoms with E-state index in [0.717, 1.165) is 36.5 Å². The SMILES string of the molecule is CCOCC(NCc1c(Br)c(C)nn1CC)C(C)C. The van der Waals surface area contributed by atoms with Crippen molar-refractivity contribution in [1.29, 1.82) is 0 Å². The van der Waals surface area contributed by atoms with E-state index in [4.69, 9.17) is 4.74 Å². The van der Waals surface area contributed by atoms with E-state index in [1.54, 1.807) is 0 Å². The number of aromatic nitrogens is 2. The van der Waals surface area contributed by atoms with Crippen molar-refractivity contribution in [3.63, 3.8) is 0 Å². The summed E-state index contributed by atoms with van der Waals surface area (Å²) in [5.74, 6) is 0.546. The quantitative estimate of drug-likeness (QED) is 0.795. The van der Waals surface area contributed by atoms with Gasteiger partial charge in [-0.15, -0.1) is 0 Å². The number of nitrogens with one attached hydrogen (secondary N) is 1. The molecule has 5 heteroatoms. The molecule has 0 amide bonds. The summed E-state index contributed by atoms with van der Waals surface area (Å²) in [6, 6.07) is 0.368. The van der Waals surface area contributed by atoms with Crippen LogP contribution in [0.25, 0.3) is 0 Å². The Labute approximate surface area is 125 Å². The molecule has 0 aromatic carbocycles. The van der Waals surface area contributed by atoms with Crippen molar-refractivity contribution in [2.45, 2.75) is 53.8 Å². The van der Waals surface area contributed by atoms with Gasteiger partial charge in [-0.05, 0) is 42.6 Å². The van der Waals surface area contributed by atoms with Crippen LogP contribution in [-0.4, -0.2) is 29.0 Å². The molecule has 0 radical (unpaired) electrons. The molecule has 4 nitrogen and oxygen atoms in total. The number of aryl methyl sites for hydroxylation is 2. The van der Waals surface area contributed by atoms with Gasteiger partial charge in [0, 0.05) is 25.7 Å². The largest absolute Gasteiger partial charge is 0.380 e. The smallest absolute Gasteiger partial charge is 0.0739 e. The predicted octanol–water partition coefficient (Wildman–Crippen LogP) is 3.12. The maximum Gasteiger partial charge on any atom is 0.0739 e. The number of rotatable bonds is 8. The maximum absolute atomic E-state index is 5.54. The molecule has 110 valence electrons. The molecule has 1 aromatic rings. The number of halogens is 1. The molecule has 19 heavy (non-hydrogen) atoms. The van der Waals surface area contributed by atoms with Crippen LogP contribution >= 0.6 is 15.9 Å². The zero-order valence-electron chi connectivity index (χ0n) is 12.7. The third-order valence-electron chi connectivity index (χ3n) is 3.29. The van der Waals surface area contributed by atoms with Crippen molar-refractivity contribution in [2.75, 3.05) is 13.2 Å². The van der Waals surface area contributed by atoms with E-state index in [1.807, 2.05) is 18.5 Å². The summed E-state index contributed by atoms with van der Waals surface area (Å²) in [5, 5.41) is 8.10. The van der Waals surface area contributed by atoms with E-state index >= 15 is 0 Å². The lowest BCUT2D eigenvalue weighted by Gasteiger charge is -2.22. The zero-order valence-corrected chi connectivity index (χ0v) is 14.2. The first-order valence-corrected chi connectivity index (χ1v) is 7.83. The molecule has 0 aliphatic heterocycles. The third kappa shape index (κ3) is 4.58. The van der Waals surface area contributed by atoms with Gasteiger partial charge < -0.3 is 10.1 Å². The lowest BCUT2D eigenvalue weighted by Crippen LogP contribution is -2.38. The fourth-order valence-corrected chi connectivity index (χ4v) is 2.42. The van der Waals surface area contributed by atoms with Crippen LogP contribution in [0.1, 0.15) is 39.1 Å². The minimum Gasteiger partial charge on any atom is -0.380 e. The molecule has 1 aromatic heterocycles. The Kier molecular flexibility index (Phi) is 7.04. The van der Waals surface area contributed by atoms with Crippen LogP contribution in [0.15, 0.2) is 4.47 Å². The van der Waals surface area contributed by atoms with Crippen molar-refractivity contribution in [3.05, 3.63) is 15.9 Å². The van der Waals surface area contributed by atoms with Gasteiger partial charge in [0.05, 0.1) is 22.5 Å². The molecule has 0 saturated carbocycles. The second-order valence-electron chi connectivity index (χ2n) is 5.05. The Morgan fingerprint density at radius 1 is 1.37 bits per heavy atom. The molecule has 0 aliphatic carbocycles. The van der Waals surface area contributed by atoms with Crippen molar-refractivity contribution < 1.29 is 4.74 Å². The highest BCUT2D eigenvalue weighted by atomic mass is 79.9. The summed E-state index contributed by atoms with van der Waals surface area (Å²) in [6.07, 6.45) is 0. The first-order chi connectivity index (χ1) is 9.01. The summed E-state index contributed by atoms with van der Waals surface area (Å²) in [7, 11) is 0. The fraction of sp³-hybridized carbons (Fsp3) is 0.786. The van der Waals surface area contributed by atoms with E-state index in [2.05, 4.69) is 47.1 Å². The first-order valence-electron chi connectivity index (χ1n) is 7.04. The second-order valence-corrected chi connectivity index (χ2v) is 5.85. The van der Waals surface area contributed by atoms with Crippen LogP contribution in [0.2, 0.25) is 0 Å². The summed E-state index contributed by atoms with van der Waals surface area (Å²) in [5.41, 5.74) is 2.26. The number of ether oxygens (including phenoxy) is 1. The van der Waals surface area contributed by atoms with Gasteiger partial charge in [-0.1, -0.05) is 13.8 Å². The van der Waals surface area contributed by atoms with E-state index < -0.39 is 0 Å². The van der Waals surface area contributed by atoms with Gasteiger partial charge in [0.15, 0.2) is 0 Å². The maximum atomic E-state index is 5.54. The van der Waals surface area contributed by atoms with Gasteiger partial charge in [-0.3, -0.25) is 4.68 Å². The van der Waals surface area contributed by atoms with Gasteiger partial charge in [0.2, 0.25) is 0 Å². The highest BCUT2D eigenvalue weighted by molar-refractivity contribution is 9.10. The van der Waals surface area contributed by atoms with Crippen LogP contribution in [-0.2, 0) is 17.8 Å². The molecule has 1 rings (SSSR count). The Morgan fingerprint density at radius 3 is 2.58 bits per heavy atom. The standard InChI is InChI=1S/C14H26BrN3O/c1-6-18-13(14(15)11(5)17-18)8-16-12(10(3)4)9-19-7-2/h10,12,16H,6-9H2,1-5H3. The average Bonchev–Trinajstić information content (AvgIpc) is 2.65. The van der Waals surface area contributed by atoms with Gasteiger partial charge >= 0.3 is 0 Å². The Balaban J connectivity index is 2.68. The number of nitrogens with zero attached hydrogens (tertiary/aromatic N) is 2. The highest BCUT2D eigenvalue weighted by Gasteiger charge is 2.16. The van der Waals surface area contributed by atoms with Gasteiger partial charge in [0.25, 0.3) is 0 Å². The summed E-state index contributed by atoms with van der Waals surface area (Å²) >= 11 is 3.63. The molecule has 0 bridgehead atoms. The minimum atomic E-state index is 0.368. The monoisotopic (exact) mass is 331 g/mol. The van der Waals surface area contributed by atoms with Crippen molar-refractivity contribution >= 4 is 15.9 Å². The molecule has 0 saturated heterocycles. The Bertz CT molecular complexity index is 390. The summed E-state index contributed by atoms with van der Waals surface area (Å²) < 4.78 is 8.70. The third-order valence-corrected chi connectivity index (χ3v) is 4.32. The van der Waals surface area contributed by atoms with E-state index in [0.29, 0.717) is 12.0 Å². The molecule has 1 unspecified atom stereocenters. The fourth-order valence-electron chi connectivity index (χ4n) is 2.00. The summed E-state index contributed by atoms with van der Waals surface area (Å²) in [4.78, 5) is 0. The van der Waals surface area contributed by atoms with Crippen LogP contribution in [0.3, 0.4) is 0 Å². The molecule has 0 aliphatic rings. The molecule has 0 fully saturated rings. The second kappa shape index (κ2) is 8.02. The molecule has 1 atom stereocenters. The summed E-state index contributed by atoms with van der Waals surface area (Å²) in [6.45, 7) is 13.8. The Hall–Kier alpha value is -0.390. The zero-order chi connectivity index (χ0) is 14.4. The van der Waals surface area contributed by atoms with Gasteiger partial charge in [-0.2, -0.15) is 5.10 Å². The van der Waals surface area contributed by atoms with E-state index in [9.17, 15) is 0 Å². The van der Waals surface area contributed by atoms with Crippen LogP contribution < -0.4 is 5.32 Å². The van der Waals surface area contributed by atoms with Crippen molar-refractivity contribution in [2.24, 2.45) is 5.92 Å². The van der Waals surface area contributed by atoms with Gasteiger partial charge in [-0.25, -0.2) is 0 Å². The normalized spacial score (nSPS) is 13.2. The number of hydrogen-bond donors (Lipinski definition) is 1. The van der Waals surface area contributed by atoms with Crippen molar-refractivity contribution in [3.8, 4) is 0 Å². The highest BCUT2D eigenvalue weighted by Crippen LogP contribution is 2.21. The van der Waals surface area contributed by atoms with Crippen molar-refractivity contribution in [1.82, 2.24) is 15.1 Å². The first kappa shape index (κ1) is 16.7. The minimum absolute atomic E-state index is 0.368. The average molecular weight is 332 g/mol. The molecule has 1 N–H and O–H groups in total. The predicted molar refractivity (Wildman–Crippen MR) is 82.3 cm³/mol. The van der Waals surface area contributed by atoms with Crippen LogP contribution in [0, 0.1) is 12.8 Å².